The number of hydrogen-bond donors (Lipinski definition) is 0. The van der Waals surface area contributed by atoms with Gasteiger partial charge in [0.25, 0.3) is 0 Å². The molecule has 0 amide bonds. The minimum absolute atomic E-state index is 1.11. The minimum atomic E-state index is 1.11. The van der Waals surface area contributed by atoms with Gasteiger partial charge >= 0.3 is 0 Å². The molecule has 0 fully saturated rings. The van der Waals surface area contributed by atoms with Gasteiger partial charge in [0.15, 0.2) is 0 Å². The molecule has 0 N–H and O–H groups in total. The average molecular weight is 1620 g/mol. The normalized spacial score (nSPS) is 11.0. The summed E-state index contributed by atoms with van der Waals surface area (Å²) in [6.07, 6.45) is 0. The maximum atomic E-state index is 2.40. The van der Waals surface area contributed by atoms with Gasteiger partial charge in [0.2, 0.25) is 0 Å². The molecule has 22 aromatic rings. The molecule has 0 aliphatic heterocycles. The molecule has 600 valence electrons. The highest BCUT2D eigenvalue weighted by molar-refractivity contribution is 6.02. The lowest BCUT2D eigenvalue weighted by molar-refractivity contribution is 1.28. The molecule has 0 heterocycles. The van der Waals surface area contributed by atoms with Gasteiger partial charge in [-0.15, -0.1) is 0 Å². The van der Waals surface area contributed by atoms with Crippen LogP contribution in [0, 0.1) is 0 Å². The number of hydrogen-bond acceptors (Lipinski definition) is 3. The van der Waals surface area contributed by atoms with Crippen molar-refractivity contribution in [3.8, 4) is 100 Å². The van der Waals surface area contributed by atoms with Crippen LogP contribution in [-0.2, 0) is 0 Å². The zero-order valence-electron chi connectivity index (χ0n) is 70.2. The molecule has 3 nitrogen and oxygen atoms in total. The summed E-state index contributed by atoms with van der Waals surface area (Å²) >= 11 is 0. The summed E-state index contributed by atoms with van der Waals surface area (Å²) in [7, 11) is 0. The van der Waals surface area contributed by atoms with Crippen LogP contribution in [0.15, 0.2) is 540 Å². The maximum absolute atomic E-state index is 2.40. The van der Waals surface area contributed by atoms with E-state index < -0.39 is 0 Å². The topological polar surface area (TPSA) is 9.72 Å². The van der Waals surface area contributed by atoms with Crippen molar-refractivity contribution in [3.63, 3.8) is 0 Å². The summed E-state index contributed by atoms with van der Waals surface area (Å²) in [5.41, 5.74) is 32.1. The molecule has 0 spiro atoms. The summed E-state index contributed by atoms with van der Waals surface area (Å²) in [5, 5.41) is 9.92. The van der Waals surface area contributed by atoms with Gasteiger partial charge in [-0.3, -0.25) is 0 Å². The van der Waals surface area contributed by atoms with E-state index in [1.165, 1.54) is 143 Å². The molecule has 3 heteroatoms. The fraction of sp³-hybridized carbons (Fsp3) is 0. The monoisotopic (exact) mass is 1620 g/mol. The van der Waals surface area contributed by atoms with Gasteiger partial charge in [-0.2, -0.15) is 0 Å². The van der Waals surface area contributed by atoms with Gasteiger partial charge < -0.3 is 14.7 Å². The predicted molar refractivity (Wildman–Crippen MR) is 542 cm³/mol. The van der Waals surface area contributed by atoms with Crippen molar-refractivity contribution in [3.05, 3.63) is 540 Å². The average Bonchev–Trinajstić information content (AvgIpc) is 0.766. The Bertz CT molecular complexity index is 7340. The first-order valence-electron chi connectivity index (χ1n) is 43.5. The first-order chi connectivity index (χ1) is 62.9. The van der Waals surface area contributed by atoms with Gasteiger partial charge in [-0.1, -0.05) is 406 Å². The van der Waals surface area contributed by atoms with E-state index in [0.29, 0.717) is 0 Å². The fourth-order valence-corrected chi connectivity index (χ4v) is 17.4. The van der Waals surface area contributed by atoms with Crippen LogP contribution in [0.25, 0.3) is 143 Å². The van der Waals surface area contributed by atoms with E-state index in [1.54, 1.807) is 0 Å². The Hall–Kier alpha value is -16.7. The van der Waals surface area contributed by atoms with Crippen molar-refractivity contribution in [2.24, 2.45) is 0 Å². The number of para-hydroxylation sites is 3. The van der Waals surface area contributed by atoms with Gasteiger partial charge in [0.1, 0.15) is 0 Å². The van der Waals surface area contributed by atoms with Crippen LogP contribution in [0.1, 0.15) is 0 Å². The first kappa shape index (κ1) is 78.8. The second-order valence-electron chi connectivity index (χ2n) is 32.0. The van der Waals surface area contributed by atoms with Crippen molar-refractivity contribution in [2.45, 2.75) is 0 Å². The number of anilines is 9. The van der Waals surface area contributed by atoms with Crippen LogP contribution < -0.4 is 14.7 Å². The number of benzene rings is 22. The second kappa shape index (κ2) is 36.9. The van der Waals surface area contributed by atoms with Crippen LogP contribution in [0.4, 0.5) is 51.2 Å². The summed E-state index contributed by atoms with van der Waals surface area (Å²) in [5.74, 6) is 0. The Balaban J connectivity index is 0.000000121. The van der Waals surface area contributed by atoms with Gasteiger partial charge in [-0.05, 0) is 266 Å². The molecule has 0 atom stereocenters. The van der Waals surface area contributed by atoms with E-state index in [2.05, 4.69) is 555 Å². The number of nitrogens with zero attached hydrogens (tertiary/aromatic N) is 3. The van der Waals surface area contributed by atoms with Crippen LogP contribution in [0.2, 0.25) is 0 Å². The molecular formula is C124H89N3. The van der Waals surface area contributed by atoms with E-state index in [9.17, 15) is 0 Å². The van der Waals surface area contributed by atoms with Crippen LogP contribution >= 0.6 is 0 Å². The molecule has 0 saturated heterocycles. The molecule has 22 rings (SSSR count). The quantitative estimate of drug-likeness (QED) is 0.0848. The first-order valence-corrected chi connectivity index (χ1v) is 43.5. The van der Waals surface area contributed by atoms with Crippen molar-refractivity contribution in [1.29, 1.82) is 0 Å². The van der Waals surface area contributed by atoms with Crippen LogP contribution in [-0.4, -0.2) is 0 Å². The van der Waals surface area contributed by atoms with Crippen LogP contribution in [0.3, 0.4) is 0 Å². The Morgan fingerprint density at radius 1 is 0.102 bits per heavy atom. The van der Waals surface area contributed by atoms with Gasteiger partial charge in [-0.25, -0.2) is 0 Å². The van der Waals surface area contributed by atoms with Crippen molar-refractivity contribution < 1.29 is 0 Å². The summed E-state index contributed by atoms with van der Waals surface area (Å²) < 4.78 is 0. The minimum Gasteiger partial charge on any atom is -0.311 e. The highest BCUT2D eigenvalue weighted by Crippen LogP contribution is 2.46. The highest BCUT2D eigenvalue weighted by Gasteiger charge is 2.21. The largest absolute Gasteiger partial charge is 0.311 e. The second-order valence-corrected chi connectivity index (χ2v) is 32.0. The molecule has 22 aromatic carbocycles. The highest BCUT2D eigenvalue weighted by atomic mass is 15.2. The van der Waals surface area contributed by atoms with Gasteiger partial charge in [0.05, 0.1) is 11.4 Å². The van der Waals surface area contributed by atoms with E-state index in [-0.39, 0.29) is 0 Å². The molecule has 0 radical (unpaired) electrons. The van der Waals surface area contributed by atoms with Crippen molar-refractivity contribution in [1.82, 2.24) is 0 Å². The SMILES string of the molecule is c1ccc(-c2ccc(N(c3ccc(-c4ccccc4)cc3)c3ccc(-c4ccc5cc(-c6ccccc6)ccc5c4)cc3)cc2)cc1.c1ccc(-c2ccc3cc(-c4ccc(N(c5ccccc5)c5ccccc5)cc4)ccc3c2)cc1.c1ccc(-c2ccc3cc(-c4ccc(N(c5ccccc5-c5ccccc5)c5cccc6ccccc56)cc4)ccc3c2)cc1. The Morgan fingerprint density at radius 3 is 0.606 bits per heavy atom. The molecule has 0 aliphatic rings. The lowest BCUT2D eigenvalue weighted by atomic mass is 9.97. The number of rotatable bonds is 18. The summed E-state index contributed by atoms with van der Waals surface area (Å²) in [4.78, 5) is 7.02. The summed E-state index contributed by atoms with van der Waals surface area (Å²) in [6.45, 7) is 0. The molecular weight excluding hydrogens is 1530 g/mol. The number of fused-ring (bicyclic) bond motifs is 4. The third kappa shape index (κ3) is 17.6. The lowest BCUT2D eigenvalue weighted by Gasteiger charge is -2.29. The molecule has 127 heavy (non-hydrogen) atoms. The standard InChI is InChI=1S/C46H33N.C44H31N.C34H25N/c1-4-10-34(11-5-1)37-20-26-44(27-21-37)47(45-28-22-38(23-29-45)35-12-6-2-7-13-35)46-30-24-39(25-31-46)41-17-19-42-32-40(16-18-43(42)33-41)36-14-8-3-9-15-36;1-3-12-32(13-4-1)36-22-24-39-31-37(23-25-38(39)30-36)33-26-28-40(29-27-33)45(44-21-11-17-35-16-7-8-18-42(35)44)43-20-10-9-19-41(43)34-14-5-2-6-15-34;1-4-10-26(11-5-1)28-16-18-31-25-29(17-19-30(31)24-28)27-20-22-34(23-21-27)35(32-12-6-2-7-13-32)33-14-8-3-9-15-33/h1-33H;1-31H;1-25H. The fourth-order valence-electron chi connectivity index (χ4n) is 17.4. The molecule has 0 saturated carbocycles. The predicted octanol–water partition coefficient (Wildman–Crippen LogP) is 35.1. The smallest absolute Gasteiger partial charge is 0.0540 e. The zero-order chi connectivity index (χ0) is 84.9. The van der Waals surface area contributed by atoms with Crippen LogP contribution in [0.5, 0.6) is 0 Å². The maximum Gasteiger partial charge on any atom is 0.0540 e. The molecule has 0 bridgehead atoms. The van der Waals surface area contributed by atoms with Crippen molar-refractivity contribution >= 4 is 94.3 Å². The summed E-state index contributed by atoms with van der Waals surface area (Å²) in [6, 6.07) is 193. The Labute approximate surface area is 743 Å². The third-order valence-corrected chi connectivity index (χ3v) is 23.9. The Morgan fingerprint density at radius 2 is 0.299 bits per heavy atom. The van der Waals surface area contributed by atoms with Crippen molar-refractivity contribution in [2.75, 3.05) is 14.7 Å². The lowest BCUT2D eigenvalue weighted by Crippen LogP contribution is -2.11. The van der Waals surface area contributed by atoms with E-state index >= 15 is 0 Å². The van der Waals surface area contributed by atoms with E-state index in [4.69, 9.17) is 0 Å². The Kier molecular flexibility index (Phi) is 22.9. The van der Waals surface area contributed by atoms with E-state index in [1.807, 2.05) is 0 Å². The molecule has 0 aliphatic carbocycles. The molecule has 0 aromatic heterocycles. The van der Waals surface area contributed by atoms with E-state index in [0.717, 1.165) is 51.2 Å². The van der Waals surface area contributed by atoms with Gasteiger partial charge in [0, 0.05) is 50.8 Å². The third-order valence-electron chi connectivity index (χ3n) is 23.9. The molecule has 0 unspecified atom stereocenters. The zero-order valence-corrected chi connectivity index (χ0v) is 70.2.